The van der Waals surface area contributed by atoms with Gasteiger partial charge in [0.05, 0.1) is 12.7 Å². The molecule has 1 unspecified atom stereocenters. The lowest BCUT2D eigenvalue weighted by atomic mass is 9.96. The molecule has 0 spiro atoms. The zero-order chi connectivity index (χ0) is 21.2. The third kappa shape index (κ3) is 7.15. The van der Waals surface area contributed by atoms with Crippen molar-refractivity contribution in [1.82, 2.24) is 0 Å². The van der Waals surface area contributed by atoms with E-state index in [-0.39, 0.29) is 24.2 Å². The smallest absolute Gasteiger partial charge is 0.341 e. The molecular formula is C22H35NO5. The van der Waals surface area contributed by atoms with Crippen LogP contribution in [0.15, 0.2) is 18.2 Å². The van der Waals surface area contributed by atoms with Gasteiger partial charge in [0.25, 0.3) is 5.91 Å². The molecule has 0 fully saturated rings. The average Bonchev–Trinajstić information content (AvgIpc) is 2.63. The maximum Gasteiger partial charge on any atom is 0.341 e. The number of benzene rings is 1. The number of hydrogen-bond donors (Lipinski definition) is 1. The van der Waals surface area contributed by atoms with Crippen LogP contribution in [0.2, 0.25) is 0 Å². The molecule has 0 heterocycles. The van der Waals surface area contributed by atoms with Crippen LogP contribution in [-0.4, -0.2) is 36.8 Å². The Morgan fingerprint density at radius 2 is 1.82 bits per heavy atom. The van der Waals surface area contributed by atoms with Crippen molar-refractivity contribution in [3.05, 3.63) is 23.8 Å². The molecule has 0 aromatic heterocycles. The fourth-order valence-electron chi connectivity index (χ4n) is 2.88. The number of unbranched alkanes of at least 4 members (excludes halogenated alkanes) is 2. The number of ether oxygens (including phenoxy) is 3. The molecule has 0 saturated heterocycles. The summed E-state index contributed by atoms with van der Waals surface area (Å²) in [7, 11) is 0. The molecule has 0 aliphatic heterocycles. The maximum absolute atomic E-state index is 12.9. The Hall–Kier alpha value is -2.08. The zero-order valence-corrected chi connectivity index (χ0v) is 18.1. The van der Waals surface area contributed by atoms with E-state index in [9.17, 15) is 9.59 Å². The van der Waals surface area contributed by atoms with Gasteiger partial charge >= 0.3 is 5.97 Å². The minimum Gasteiger partial charge on any atom is -0.490 e. The minimum absolute atomic E-state index is 0.0894. The van der Waals surface area contributed by atoms with Crippen molar-refractivity contribution >= 4 is 17.6 Å². The number of anilines is 1. The number of hydrogen-bond acceptors (Lipinski definition) is 5. The van der Waals surface area contributed by atoms with E-state index in [2.05, 4.69) is 12.2 Å². The number of nitrogens with one attached hydrogen (secondary N) is 1. The zero-order valence-electron chi connectivity index (χ0n) is 18.1. The highest BCUT2D eigenvalue weighted by molar-refractivity contribution is 5.99. The fourth-order valence-corrected chi connectivity index (χ4v) is 2.88. The number of esters is 1. The van der Waals surface area contributed by atoms with Crippen molar-refractivity contribution in [2.75, 3.05) is 18.5 Å². The second-order valence-electron chi connectivity index (χ2n) is 7.17. The van der Waals surface area contributed by atoms with Crippen LogP contribution in [-0.2, 0) is 14.3 Å². The van der Waals surface area contributed by atoms with Crippen LogP contribution in [0.25, 0.3) is 0 Å². The summed E-state index contributed by atoms with van der Waals surface area (Å²) >= 11 is 0. The molecule has 0 saturated carbocycles. The summed E-state index contributed by atoms with van der Waals surface area (Å²) < 4.78 is 16.6. The molecule has 0 aliphatic carbocycles. The van der Waals surface area contributed by atoms with Crippen molar-refractivity contribution < 1.29 is 23.8 Å². The van der Waals surface area contributed by atoms with Crippen molar-refractivity contribution in [3.63, 3.8) is 0 Å². The minimum atomic E-state index is -0.916. The molecule has 6 nitrogen and oxygen atoms in total. The van der Waals surface area contributed by atoms with Gasteiger partial charge in [-0.25, -0.2) is 4.79 Å². The second-order valence-corrected chi connectivity index (χ2v) is 7.17. The van der Waals surface area contributed by atoms with Gasteiger partial charge in [-0.2, -0.15) is 0 Å². The quantitative estimate of drug-likeness (QED) is 0.401. The van der Waals surface area contributed by atoms with Crippen LogP contribution in [0.3, 0.4) is 0 Å². The number of amides is 1. The highest BCUT2D eigenvalue weighted by Crippen LogP contribution is 2.27. The van der Waals surface area contributed by atoms with E-state index in [1.165, 1.54) is 0 Å². The molecule has 6 heteroatoms. The molecule has 28 heavy (non-hydrogen) atoms. The Bertz CT molecular complexity index is 644. The van der Waals surface area contributed by atoms with Crippen LogP contribution in [0, 0.1) is 0 Å². The third-order valence-electron chi connectivity index (χ3n) is 4.30. The van der Waals surface area contributed by atoms with Gasteiger partial charge in [0.15, 0.2) is 0 Å². The lowest BCUT2D eigenvalue weighted by Crippen LogP contribution is -2.42. The van der Waals surface area contributed by atoms with Gasteiger partial charge in [0.2, 0.25) is 0 Å². The summed E-state index contributed by atoms with van der Waals surface area (Å²) in [5.41, 5.74) is -0.121. The first-order chi connectivity index (χ1) is 13.3. The summed E-state index contributed by atoms with van der Waals surface area (Å²) in [6.07, 6.45) is 3.58. The summed E-state index contributed by atoms with van der Waals surface area (Å²) in [5, 5.41) is 2.88. The van der Waals surface area contributed by atoms with Gasteiger partial charge in [-0.15, -0.1) is 0 Å². The Morgan fingerprint density at radius 1 is 1.11 bits per heavy atom. The van der Waals surface area contributed by atoms with Crippen LogP contribution in [0.5, 0.6) is 5.75 Å². The van der Waals surface area contributed by atoms with Gasteiger partial charge in [0.1, 0.15) is 16.9 Å². The molecule has 0 radical (unpaired) electrons. The first-order valence-electron chi connectivity index (χ1n) is 10.2. The van der Waals surface area contributed by atoms with Gasteiger partial charge in [-0.1, -0.05) is 26.2 Å². The molecule has 158 valence electrons. The standard InChI is InChI=1S/C22H35NO5/c1-7-10-11-14-22(6,27-9-3)21(25)23-17-12-13-19(28-16(4)5)18(15-17)20(24)26-8-2/h12-13,15-16H,7-11,14H2,1-6H3,(H,23,25). The lowest BCUT2D eigenvalue weighted by Gasteiger charge is -2.28. The predicted molar refractivity (Wildman–Crippen MR) is 111 cm³/mol. The lowest BCUT2D eigenvalue weighted by molar-refractivity contribution is -0.139. The molecule has 1 aromatic carbocycles. The summed E-state index contributed by atoms with van der Waals surface area (Å²) in [6.45, 7) is 12.0. The van der Waals surface area contributed by atoms with E-state index in [4.69, 9.17) is 14.2 Å². The predicted octanol–water partition coefficient (Wildman–Crippen LogP) is 4.96. The van der Waals surface area contributed by atoms with Crippen LogP contribution >= 0.6 is 0 Å². The number of rotatable bonds is 12. The van der Waals surface area contributed by atoms with Gasteiger partial charge in [-0.05, 0) is 59.2 Å². The van der Waals surface area contributed by atoms with Gasteiger partial charge < -0.3 is 19.5 Å². The Labute approximate surface area is 168 Å². The second kappa shape index (κ2) is 11.7. The number of carbonyl (C=O) groups is 2. The normalized spacial score (nSPS) is 13.1. The van der Waals surface area contributed by atoms with E-state index >= 15 is 0 Å². The monoisotopic (exact) mass is 393 g/mol. The third-order valence-corrected chi connectivity index (χ3v) is 4.30. The van der Waals surface area contributed by atoms with Crippen molar-refractivity contribution in [2.24, 2.45) is 0 Å². The van der Waals surface area contributed by atoms with Crippen molar-refractivity contribution in [1.29, 1.82) is 0 Å². The van der Waals surface area contributed by atoms with E-state index in [1.807, 2.05) is 27.7 Å². The molecule has 1 aromatic rings. The molecule has 1 atom stereocenters. The molecule has 1 amide bonds. The van der Waals surface area contributed by atoms with Gasteiger partial charge in [-0.3, -0.25) is 4.79 Å². The molecular weight excluding hydrogens is 358 g/mol. The van der Waals surface area contributed by atoms with E-state index in [0.717, 1.165) is 19.3 Å². The highest BCUT2D eigenvalue weighted by atomic mass is 16.5. The molecule has 1 rings (SSSR count). The van der Waals surface area contributed by atoms with Crippen molar-refractivity contribution in [3.8, 4) is 5.75 Å². The van der Waals surface area contributed by atoms with Crippen LogP contribution < -0.4 is 10.1 Å². The summed E-state index contributed by atoms with van der Waals surface area (Å²) in [5.74, 6) is -0.274. The Kier molecular flexibility index (Phi) is 10.0. The van der Waals surface area contributed by atoms with Gasteiger partial charge in [0, 0.05) is 12.3 Å². The summed E-state index contributed by atoms with van der Waals surface area (Å²) in [6, 6.07) is 4.99. The average molecular weight is 394 g/mol. The SMILES string of the molecule is CCCCCC(C)(OCC)C(=O)Nc1ccc(OC(C)C)c(C(=O)OCC)c1. The molecule has 0 bridgehead atoms. The number of carbonyl (C=O) groups excluding carboxylic acids is 2. The highest BCUT2D eigenvalue weighted by Gasteiger charge is 2.33. The maximum atomic E-state index is 12.9. The van der Waals surface area contributed by atoms with Crippen molar-refractivity contribution in [2.45, 2.75) is 78.9 Å². The first kappa shape index (κ1) is 24.0. The summed E-state index contributed by atoms with van der Waals surface area (Å²) in [4.78, 5) is 25.2. The van der Waals surface area contributed by atoms with E-state index in [1.54, 1.807) is 25.1 Å². The topological polar surface area (TPSA) is 73.9 Å². The van der Waals surface area contributed by atoms with Crippen LogP contribution in [0.1, 0.15) is 77.6 Å². The van der Waals surface area contributed by atoms with E-state index in [0.29, 0.717) is 24.5 Å². The fraction of sp³-hybridized carbons (Fsp3) is 0.636. The van der Waals surface area contributed by atoms with E-state index < -0.39 is 11.6 Å². The first-order valence-corrected chi connectivity index (χ1v) is 10.2. The largest absolute Gasteiger partial charge is 0.490 e. The van der Waals surface area contributed by atoms with Crippen LogP contribution in [0.4, 0.5) is 5.69 Å². The Morgan fingerprint density at radius 3 is 2.39 bits per heavy atom. The molecule has 1 N–H and O–H groups in total. The Balaban J connectivity index is 3.06. The molecule has 0 aliphatic rings.